The highest BCUT2D eigenvalue weighted by Gasteiger charge is 2.10. The summed E-state index contributed by atoms with van der Waals surface area (Å²) >= 11 is 0. The zero-order valence-corrected chi connectivity index (χ0v) is 13.8. The molecule has 0 saturated heterocycles. The van der Waals surface area contributed by atoms with Gasteiger partial charge in [0.15, 0.2) is 0 Å². The Morgan fingerprint density at radius 3 is 2.83 bits per heavy atom. The predicted molar refractivity (Wildman–Crippen MR) is 96.2 cm³/mol. The van der Waals surface area contributed by atoms with Gasteiger partial charge in [0.2, 0.25) is 11.9 Å². The highest BCUT2D eigenvalue weighted by Crippen LogP contribution is 2.20. The molecule has 0 aliphatic carbocycles. The van der Waals surface area contributed by atoms with Crippen LogP contribution in [0, 0.1) is 0 Å². The van der Waals surface area contributed by atoms with Crippen molar-refractivity contribution in [1.29, 1.82) is 0 Å². The van der Waals surface area contributed by atoms with Gasteiger partial charge in [-0.15, -0.1) is 0 Å². The van der Waals surface area contributed by atoms with Gasteiger partial charge in [0.1, 0.15) is 0 Å². The number of nitrogens with zero attached hydrogens (tertiary/aromatic N) is 1. The van der Waals surface area contributed by atoms with E-state index in [4.69, 9.17) is 0 Å². The van der Waals surface area contributed by atoms with Crippen molar-refractivity contribution >= 4 is 33.7 Å². The van der Waals surface area contributed by atoms with Gasteiger partial charge >= 0.3 is 0 Å². The summed E-state index contributed by atoms with van der Waals surface area (Å²) in [5, 5.41) is 4.06. The van der Waals surface area contributed by atoms with Crippen LogP contribution in [0.15, 0.2) is 29.2 Å². The Morgan fingerprint density at radius 1 is 1.17 bits per heavy atom. The Morgan fingerprint density at radius 2 is 2.00 bits per heavy atom. The van der Waals surface area contributed by atoms with Crippen molar-refractivity contribution in [3.8, 4) is 0 Å². The normalized spacial score (nSPS) is 11.2. The standard InChI is InChI=1S/C18H22N4O2/c1-2-3-4-5-6-7-15(23)21-18-20-14-9-8-13-12(10-11-19-13)16(14)17(24)22-18/h8-11,19H,2-7H2,1H3,(H2,20,21,22,23,24). The summed E-state index contributed by atoms with van der Waals surface area (Å²) in [6.07, 6.45) is 7.68. The van der Waals surface area contributed by atoms with Gasteiger partial charge in [0, 0.05) is 23.5 Å². The first kappa shape index (κ1) is 16.2. The maximum absolute atomic E-state index is 12.4. The molecule has 0 aliphatic heterocycles. The van der Waals surface area contributed by atoms with Gasteiger partial charge in [-0.05, 0) is 24.6 Å². The molecule has 24 heavy (non-hydrogen) atoms. The molecular weight excluding hydrogens is 304 g/mol. The fourth-order valence-electron chi connectivity index (χ4n) is 2.91. The summed E-state index contributed by atoms with van der Waals surface area (Å²) in [5.74, 6) is 0.0951. The van der Waals surface area contributed by atoms with E-state index >= 15 is 0 Å². The number of aromatic amines is 2. The minimum absolute atomic E-state index is 0.114. The molecule has 0 bridgehead atoms. The molecule has 2 aromatic heterocycles. The Labute approximate surface area is 139 Å². The van der Waals surface area contributed by atoms with E-state index < -0.39 is 0 Å². The van der Waals surface area contributed by atoms with Crippen LogP contribution < -0.4 is 10.9 Å². The van der Waals surface area contributed by atoms with Crippen molar-refractivity contribution in [3.05, 3.63) is 34.7 Å². The van der Waals surface area contributed by atoms with Crippen molar-refractivity contribution in [3.63, 3.8) is 0 Å². The molecule has 6 heteroatoms. The number of anilines is 1. The fourth-order valence-corrected chi connectivity index (χ4v) is 2.91. The van der Waals surface area contributed by atoms with Crippen LogP contribution in [-0.2, 0) is 4.79 Å². The average molecular weight is 326 g/mol. The highest BCUT2D eigenvalue weighted by atomic mass is 16.2. The summed E-state index contributed by atoms with van der Waals surface area (Å²) < 4.78 is 0. The number of carbonyl (C=O) groups excluding carboxylic acids is 1. The Kier molecular flexibility index (Phi) is 4.93. The second-order valence-electron chi connectivity index (χ2n) is 6.03. The topological polar surface area (TPSA) is 90.6 Å². The first-order chi connectivity index (χ1) is 11.7. The van der Waals surface area contributed by atoms with Crippen LogP contribution in [0.25, 0.3) is 21.8 Å². The van der Waals surface area contributed by atoms with Gasteiger partial charge in [-0.3, -0.25) is 19.9 Å². The lowest BCUT2D eigenvalue weighted by Crippen LogP contribution is -2.18. The van der Waals surface area contributed by atoms with Gasteiger partial charge in [-0.2, -0.15) is 0 Å². The predicted octanol–water partition coefficient (Wildman–Crippen LogP) is 3.70. The Bertz CT molecular complexity index is 910. The van der Waals surface area contributed by atoms with Crippen LogP contribution >= 0.6 is 0 Å². The van der Waals surface area contributed by atoms with Crippen LogP contribution in [0.1, 0.15) is 45.4 Å². The Balaban J connectivity index is 1.72. The van der Waals surface area contributed by atoms with Crippen LogP contribution in [0.2, 0.25) is 0 Å². The summed E-state index contributed by atoms with van der Waals surface area (Å²) in [4.78, 5) is 34.4. The number of unbranched alkanes of at least 4 members (excludes halogenated alkanes) is 4. The van der Waals surface area contributed by atoms with E-state index in [0.717, 1.165) is 30.2 Å². The van der Waals surface area contributed by atoms with Gasteiger partial charge in [0.05, 0.1) is 10.9 Å². The molecule has 3 aromatic rings. The van der Waals surface area contributed by atoms with E-state index in [1.54, 1.807) is 12.3 Å². The second-order valence-corrected chi connectivity index (χ2v) is 6.03. The second kappa shape index (κ2) is 7.29. The van der Waals surface area contributed by atoms with Gasteiger partial charge in [-0.1, -0.05) is 32.6 Å². The molecule has 1 aromatic carbocycles. The number of fused-ring (bicyclic) bond motifs is 3. The molecule has 126 valence electrons. The molecule has 3 N–H and O–H groups in total. The molecule has 3 rings (SSSR count). The minimum Gasteiger partial charge on any atom is -0.361 e. The molecule has 0 aliphatic rings. The van der Waals surface area contributed by atoms with Crippen LogP contribution in [0.5, 0.6) is 0 Å². The van der Waals surface area contributed by atoms with Crippen LogP contribution in [0.3, 0.4) is 0 Å². The molecule has 0 fully saturated rings. The lowest BCUT2D eigenvalue weighted by atomic mass is 10.1. The van der Waals surface area contributed by atoms with E-state index in [1.165, 1.54) is 12.8 Å². The van der Waals surface area contributed by atoms with Crippen LogP contribution in [0.4, 0.5) is 5.95 Å². The van der Waals surface area contributed by atoms with Crippen molar-refractivity contribution < 1.29 is 4.79 Å². The smallest absolute Gasteiger partial charge is 0.260 e. The van der Waals surface area contributed by atoms with Crippen molar-refractivity contribution in [2.24, 2.45) is 0 Å². The first-order valence-corrected chi connectivity index (χ1v) is 8.49. The van der Waals surface area contributed by atoms with Crippen LogP contribution in [-0.4, -0.2) is 20.9 Å². The highest BCUT2D eigenvalue weighted by molar-refractivity contribution is 6.05. The number of rotatable bonds is 7. The summed E-state index contributed by atoms with van der Waals surface area (Å²) in [5.41, 5.74) is 1.21. The van der Waals surface area contributed by atoms with Crippen molar-refractivity contribution in [1.82, 2.24) is 15.0 Å². The SMILES string of the molecule is CCCCCCCC(=O)Nc1nc2ccc3[nH]ccc3c2c(=O)[nH]1. The lowest BCUT2D eigenvalue weighted by Gasteiger charge is -2.06. The minimum atomic E-state index is -0.247. The van der Waals surface area contributed by atoms with Gasteiger partial charge < -0.3 is 4.98 Å². The van der Waals surface area contributed by atoms with Gasteiger partial charge in [-0.25, -0.2) is 4.98 Å². The molecule has 0 radical (unpaired) electrons. The summed E-state index contributed by atoms with van der Waals surface area (Å²) in [6.45, 7) is 2.16. The molecule has 1 amide bonds. The number of amides is 1. The zero-order chi connectivity index (χ0) is 16.9. The maximum Gasteiger partial charge on any atom is 0.260 e. The number of hydrogen-bond acceptors (Lipinski definition) is 3. The number of H-pyrrole nitrogens is 2. The molecule has 6 nitrogen and oxygen atoms in total. The number of benzene rings is 1. The third-order valence-corrected chi connectivity index (χ3v) is 4.17. The van der Waals surface area contributed by atoms with E-state index in [9.17, 15) is 9.59 Å². The maximum atomic E-state index is 12.4. The number of carbonyl (C=O) groups is 1. The fraction of sp³-hybridized carbons (Fsp3) is 0.389. The molecule has 0 saturated carbocycles. The molecular formula is C18H22N4O2. The third kappa shape index (κ3) is 3.48. The van der Waals surface area contributed by atoms with E-state index in [-0.39, 0.29) is 17.4 Å². The molecule has 2 heterocycles. The van der Waals surface area contributed by atoms with Gasteiger partial charge in [0.25, 0.3) is 5.56 Å². The lowest BCUT2D eigenvalue weighted by molar-refractivity contribution is -0.116. The monoisotopic (exact) mass is 326 g/mol. The molecule has 0 unspecified atom stereocenters. The van der Waals surface area contributed by atoms with E-state index in [1.807, 2.05) is 12.1 Å². The third-order valence-electron chi connectivity index (χ3n) is 4.17. The largest absolute Gasteiger partial charge is 0.361 e. The zero-order valence-electron chi connectivity index (χ0n) is 13.8. The summed E-state index contributed by atoms with van der Waals surface area (Å²) in [7, 11) is 0. The summed E-state index contributed by atoms with van der Waals surface area (Å²) in [6, 6.07) is 5.51. The van der Waals surface area contributed by atoms with E-state index in [0.29, 0.717) is 17.3 Å². The average Bonchev–Trinajstić information content (AvgIpc) is 3.02. The van der Waals surface area contributed by atoms with Crippen molar-refractivity contribution in [2.75, 3.05) is 5.32 Å². The number of aromatic nitrogens is 3. The first-order valence-electron chi connectivity index (χ1n) is 8.49. The quantitative estimate of drug-likeness (QED) is 0.578. The number of nitrogens with one attached hydrogen (secondary N) is 3. The number of hydrogen-bond donors (Lipinski definition) is 3. The molecule has 0 atom stereocenters. The van der Waals surface area contributed by atoms with E-state index in [2.05, 4.69) is 27.2 Å². The van der Waals surface area contributed by atoms with Crippen molar-refractivity contribution in [2.45, 2.75) is 45.4 Å². The molecule has 0 spiro atoms. The Hall–Kier alpha value is -2.63.